The highest BCUT2D eigenvalue weighted by Gasteiger charge is 2.30. The molecule has 0 radical (unpaired) electrons. The van der Waals surface area contributed by atoms with E-state index in [-0.39, 0.29) is 18.3 Å². The molecule has 1 aromatic heterocycles. The van der Waals surface area contributed by atoms with Crippen LogP contribution in [-0.2, 0) is 6.18 Å². The minimum atomic E-state index is -4.33. The smallest absolute Gasteiger partial charge is 0.416 e. The van der Waals surface area contributed by atoms with E-state index in [1.807, 2.05) is 75.7 Å². The predicted molar refractivity (Wildman–Crippen MR) is 250 cm³/mol. The molecule has 6 nitrogen and oxygen atoms in total. The van der Waals surface area contributed by atoms with Crippen LogP contribution in [0.1, 0.15) is 64.7 Å². The summed E-state index contributed by atoms with van der Waals surface area (Å²) in [5.41, 5.74) is 2.72. The molecular weight excluding hydrogens is 804 g/mol. The molecule has 6 aromatic carbocycles. The first-order chi connectivity index (χ1) is 30.2. The van der Waals surface area contributed by atoms with E-state index < -0.39 is 11.7 Å². The van der Waals surface area contributed by atoms with Gasteiger partial charge in [-0.25, -0.2) is 0 Å². The number of halogens is 3. The van der Waals surface area contributed by atoms with Gasteiger partial charge in [-0.15, -0.1) is 11.3 Å². The van der Waals surface area contributed by atoms with Gasteiger partial charge in [0.25, 0.3) is 0 Å². The van der Waals surface area contributed by atoms with Crippen molar-refractivity contribution in [3.63, 3.8) is 0 Å². The van der Waals surface area contributed by atoms with Crippen LogP contribution in [-0.4, -0.2) is 40.8 Å². The van der Waals surface area contributed by atoms with Crippen LogP contribution in [0.3, 0.4) is 0 Å². The van der Waals surface area contributed by atoms with Crippen LogP contribution in [0.25, 0.3) is 10.8 Å². The number of benzene rings is 6. The third-order valence-electron chi connectivity index (χ3n) is 10.0. The lowest BCUT2D eigenvalue weighted by Crippen LogP contribution is -2.16. The Morgan fingerprint density at radius 3 is 1.56 bits per heavy atom. The van der Waals surface area contributed by atoms with Crippen LogP contribution >= 0.6 is 11.3 Å². The maximum Gasteiger partial charge on any atom is 0.416 e. The second-order valence-electron chi connectivity index (χ2n) is 14.6. The van der Waals surface area contributed by atoms with E-state index in [1.54, 1.807) is 11.3 Å². The Hall–Kier alpha value is -5.65. The van der Waals surface area contributed by atoms with Crippen molar-refractivity contribution in [3.05, 3.63) is 196 Å². The molecule has 3 N–H and O–H groups in total. The Balaban J connectivity index is 0.000000176. The fraction of sp³-hybridized carbons (Fsp3) is 0.269. The van der Waals surface area contributed by atoms with Crippen molar-refractivity contribution in [2.45, 2.75) is 50.7 Å². The van der Waals surface area contributed by atoms with E-state index in [9.17, 15) is 13.2 Å². The van der Waals surface area contributed by atoms with Crippen LogP contribution in [0.15, 0.2) is 169 Å². The molecule has 3 atom stereocenters. The molecule has 10 heteroatoms. The van der Waals surface area contributed by atoms with Crippen molar-refractivity contribution in [2.24, 2.45) is 0 Å². The molecule has 0 bridgehead atoms. The van der Waals surface area contributed by atoms with Crippen molar-refractivity contribution in [2.75, 3.05) is 40.8 Å². The molecule has 7 rings (SSSR count). The number of alkyl halides is 3. The summed E-state index contributed by atoms with van der Waals surface area (Å²) in [5, 5.41) is 13.9. The third-order valence-corrected chi connectivity index (χ3v) is 11.0. The van der Waals surface area contributed by atoms with Crippen molar-refractivity contribution in [3.8, 4) is 17.2 Å². The first-order valence-electron chi connectivity index (χ1n) is 21.0. The van der Waals surface area contributed by atoms with E-state index in [0.717, 1.165) is 68.1 Å². The fourth-order valence-electron chi connectivity index (χ4n) is 6.66. The Kier molecular flexibility index (Phi) is 19.4. The van der Waals surface area contributed by atoms with Crippen LogP contribution in [0.2, 0.25) is 0 Å². The number of rotatable bonds is 18. The van der Waals surface area contributed by atoms with Gasteiger partial charge in [0.15, 0.2) is 0 Å². The molecule has 1 unspecified atom stereocenters. The standard InChI is InChI=1S/C18H19NOS.C17H18F3NO.C17H21NO/c1-19-12-11-17(18-10-5-13-21-18)20-16-9-4-7-14-6-2-3-8-15(14)16;1-21-12-11-16(13-5-3-2-4-6-13)22-15-9-7-14(8-10-15)17(18,19)20;1-14-8-6-7-11-16(14)19-17(12-13-18-2)15-9-4-3-5-10-15/h2-10,13,17,19H,11-12H2,1H3;2-10,16,21H,11-12H2,1H3;3-11,17-18H,12-13H2,1-2H3/t17-;;17-/m0.1/s1. The third kappa shape index (κ3) is 15.1. The van der Waals surface area contributed by atoms with Crippen LogP contribution in [0, 0.1) is 6.92 Å². The molecule has 0 aliphatic rings. The Morgan fingerprint density at radius 1 is 0.500 bits per heavy atom. The molecular formula is C52H58F3N3O3S. The van der Waals surface area contributed by atoms with Crippen molar-refractivity contribution < 1.29 is 27.4 Å². The maximum atomic E-state index is 12.6. The molecule has 0 aliphatic heterocycles. The summed E-state index contributed by atoms with van der Waals surface area (Å²) in [5.74, 6) is 2.35. The van der Waals surface area contributed by atoms with Gasteiger partial charge in [0.2, 0.25) is 0 Å². The van der Waals surface area contributed by atoms with Gasteiger partial charge in [-0.1, -0.05) is 121 Å². The highest BCUT2D eigenvalue weighted by atomic mass is 32.1. The summed E-state index contributed by atoms with van der Waals surface area (Å²) in [6, 6.07) is 51.8. The second-order valence-corrected chi connectivity index (χ2v) is 15.6. The lowest BCUT2D eigenvalue weighted by Gasteiger charge is -2.20. The number of fused-ring (bicyclic) bond motifs is 1. The topological polar surface area (TPSA) is 63.8 Å². The zero-order valence-corrected chi connectivity index (χ0v) is 36.7. The van der Waals surface area contributed by atoms with Gasteiger partial charge in [-0.05, 0) is 118 Å². The molecule has 0 saturated heterocycles. The summed E-state index contributed by atoms with van der Waals surface area (Å²) >= 11 is 1.75. The lowest BCUT2D eigenvalue weighted by atomic mass is 10.1. The van der Waals surface area contributed by atoms with Gasteiger partial charge in [0, 0.05) is 29.5 Å². The molecule has 0 amide bonds. The van der Waals surface area contributed by atoms with Crippen molar-refractivity contribution in [1.29, 1.82) is 0 Å². The van der Waals surface area contributed by atoms with Gasteiger partial charge < -0.3 is 30.2 Å². The first-order valence-corrected chi connectivity index (χ1v) is 21.9. The average molecular weight is 862 g/mol. The number of hydrogen-bond acceptors (Lipinski definition) is 7. The number of ether oxygens (including phenoxy) is 3. The van der Waals surface area contributed by atoms with Crippen molar-refractivity contribution in [1.82, 2.24) is 16.0 Å². The number of nitrogens with one attached hydrogen (secondary N) is 3. The lowest BCUT2D eigenvalue weighted by molar-refractivity contribution is -0.137. The van der Waals surface area contributed by atoms with Crippen LogP contribution < -0.4 is 30.2 Å². The number of thiophene rings is 1. The monoisotopic (exact) mass is 861 g/mol. The van der Waals surface area contributed by atoms with Crippen molar-refractivity contribution >= 4 is 22.1 Å². The summed E-state index contributed by atoms with van der Waals surface area (Å²) in [6.45, 7) is 4.70. The first kappa shape index (κ1) is 47.4. The number of para-hydroxylation sites is 1. The highest BCUT2D eigenvalue weighted by molar-refractivity contribution is 7.10. The van der Waals surface area contributed by atoms with E-state index in [2.05, 4.69) is 113 Å². The van der Waals surface area contributed by atoms with E-state index in [0.29, 0.717) is 5.75 Å². The molecule has 1 heterocycles. The van der Waals surface area contributed by atoms with Crippen LogP contribution in [0.4, 0.5) is 13.2 Å². The largest absolute Gasteiger partial charge is 0.486 e. The van der Waals surface area contributed by atoms with E-state index in [4.69, 9.17) is 14.2 Å². The molecule has 7 aromatic rings. The zero-order chi connectivity index (χ0) is 44.0. The van der Waals surface area contributed by atoms with Gasteiger partial charge in [-0.3, -0.25) is 0 Å². The van der Waals surface area contributed by atoms with E-state index in [1.165, 1.54) is 38.9 Å². The number of hydrogen-bond donors (Lipinski definition) is 3. The minimum absolute atomic E-state index is 0.0924. The summed E-state index contributed by atoms with van der Waals surface area (Å²) < 4.78 is 56.1. The quantitative estimate of drug-likeness (QED) is 0.0799. The van der Waals surface area contributed by atoms with Gasteiger partial charge >= 0.3 is 6.18 Å². The average Bonchev–Trinajstić information content (AvgIpc) is 3.85. The van der Waals surface area contributed by atoms with E-state index >= 15 is 0 Å². The predicted octanol–water partition coefficient (Wildman–Crippen LogP) is 12.8. The second kappa shape index (κ2) is 25.3. The Labute approximate surface area is 369 Å². The normalized spacial score (nSPS) is 12.5. The summed E-state index contributed by atoms with van der Waals surface area (Å²) in [6.07, 6.45) is -1.71. The molecule has 0 saturated carbocycles. The van der Waals surface area contributed by atoms with Crippen LogP contribution in [0.5, 0.6) is 17.2 Å². The number of aryl methyl sites for hydroxylation is 1. The SMILES string of the molecule is CNCCC(Oc1ccc(C(F)(F)F)cc1)c1ccccc1.CNCC[C@@H](Oc1ccccc1C)c1ccccc1.CNCC[C@H](Oc1cccc2ccccc12)c1cccs1. The molecule has 0 fully saturated rings. The van der Waals surface area contributed by atoms with Gasteiger partial charge in [0.05, 0.1) is 5.56 Å². The molecule has 326 valence electrons. The minimum Gasteiger partial charge on any atom is -0.486 e. The summed E-state index contributed by atoms with van der Waals surface area (Å²) in [4.78, 5) is 1.28. The molecule has 0 aliphatic carbocycles. The zero-order valence-electron chi connectivity index (χ0n) is 35.9. The van der Waals surface area contributed by atoms with Gasteiger partial charge in [-0.2, -0.15) is 13.2 Å². The fourth-order valence-corrected chi connectivity index (χ4v) is 7.45. The molecule has 62 heavy (non-hydrogen) atoms. The Bertz CT molecular complexity index is 2270. The van der Waals surface area contributed by atoms with Gasteiger partial charge in [0.1, 0.15) is 35.6 Å². The molecule has 0 spiro atoms. The summed E-state index contributed by atoms with van der Waals surface area (Å²) in [7, 11) is 5.79. The maximum absolute atomic E-state index is 12.6. The highest BCUT2D eigenvalue weighted by Crippen LogP contribution is 2.34. The Morgan fingerprint density at radius 2 is 1.00 bits per heavy atom.